The molecule has 1 aliphatic heterocycles. The van der Waals surface area contributed by atoms with Gasteiger partial charge in [0.05, 0.1) is 16.3 Å². The van der Waals surface area contributed by atoms with E-state index in [1.165, 1.54) is 0 Å². The molecular weight excluding hydrogens is 328 g/mol. The highest BCUT2D eigenvalue weighted by atomic mass is 79.9. The van der Waals surface area contributed by atoms with Crippen LogP contribution in [0.4, 0.5) is 5.69 Å². The van der Waals surface area contributed by atoms with Gasteiger partial charge in [0.25, 0.3) is 0 Å². The fourth-order valence-electron chi connectivity index (χ4n) is 2.38. The number of hydrogen-bond acceptors (Lipinski definition) is 4. The van der Waals surface area contributed by atoms with Gasteiger partial charge in [0, 0.05) is 10.5 Å². The van der Waals surface area contributed by atoms with Crippen molar-refractivity contribution >= 4 is 31.5 Å². The SMILES string of the molecule is CNCCCC1CS(=O)(=O)c2cc(C)cc(Br)c2N1. The van der Waals surface area contributed by atoms with Crippen molar-refractivity contribution in [2.75, 3.05) is 24.7 Å². The minimum atomic E-state index is -3.19. The summed E-state index contributed by atoms with van der Waals surface area (Å²) in [6.45, 7) is 2.81. The number of anilines is 1. The maximum Gasteiger partial charge on any atom is 0.182 e. The van der Waals surface area contributed by atoms with Crippen molar-refractivity contribution in [3.8, 4) is 0 Å². The van der Waals surface area contributed by atoms with Crippen molar-refractivity contribution in [1.82, 2.24) is 5.32 Å². The van der Waals surface area contributed by atoms with Crippen molar-refractivity contribution in [3.05, 3.63) is 22.2 Å². The van der Waals surface area contributed by atoms with Crippen LogP contribution in [-0.2, 0) is 9.84 Å². The lowest BCUT2D eigenvalue weighted by Gasteiger charge is -2.28. The standard InChI is InChI=1S/C13H19BrN2O2S/c1-9-6-11(14)13-12(7-9)19(17,18)8-10(16-13)4-3-5-15-2/h6-7,10,15-16H,3-5,8H2,1-2H3. The third-order valence-electron chi connectivity index (χ3n) is 3.28. The van der Waals surface area contributed by atoms with Gasteiger partial charge in [-0.15, -0.1) is 0 Å². The summed E-state index contributed by atoms with van der Waals surface area (Å²) in [6, 6.07) is 3.67. The summed E-state index contributed by atoms with van der Waals surface area (Å²) < 4.78 is 25.5. The molecule has 1 atom stereocenters. The molecule has 1 aromatic rings. The van der Waals surface area contributed by atoms with Gasteiger partial charge in [0.1, 0.15) is 0 Å². The number of nitrogens with one attached hydrogen (secondary N) is 2. The van der Waals surface area contributed by atoms with E-state index in [0.29, 0.717) is 10.6 Å². The van der Waals surface area contributed by atoms with Crippen molar-refractivity contribution in [1.29, 1.82) is 0 Å². The van der Waals surface area contributed by atoms with E-state index in [1.54, 1.807) is 6.07 Å². The molecule has 0 saturated heterocycles. The van der Waals surface area contributed by atoms with Crippen molar-refractivity contribution in [2.45, 2.75) is 30.7 Å². The zero-order valence-electron chi connectivity index (χ0n) is 11.2. The van der Waals surface area contributed by atoms with Gasteiger partial charge < -0.3 is 10.6 Å². The zero-order chi connectivity index (χ0) is 14.0. The van der Waals surface area contributed by atoms with Crippen LogP contribution in [0.15, 0.2) is 21.5 Å². The lowest BCUT2D eigenvalue weighted by atomic mass is 10.1. The summed E-state index contributed by atoms with van der Waals surface area (Å²) in [7, 11) is -1.28. The summed E-state index contributed by atoms with van der Waals surface area (Å²) in [5.41, 5.74) is 1.66. The number of fused-ring (bicyclic) bond motifs is 1. The van der Waals surface area contributed by atoms with Gasteiger partial charge in [-0.3, -0.25) is 0 Å². The Morgan fingerprint density at radius 1 is 1.47 bits per heavy atom. The van der Waals surface area contributed by atoms with Gasteiger partial charge in [-0.05, 0) is 67.0 Å². The van der Waals surface area contributed by atoms with Gasteiger partial charge in [-0.1, -0.05) is 0 Å². The Hall–Kier alpha value is -0.590. The van der Waals surface area contributed by atoms with E-state index in [2.05, 4.69) is 26.6 Å². The Bertz CT molecular complexity index is 572. The van der Waals surface area contributed by atoms with E-state index < -0.39 is 9.84 Å². The average molecular weight is 347 g/mol. The molecule has 0 aliphatic carbocycles. The highest BCUT2D eigenvalue weighted by Gasteiger charge is 2.31. The molecule has 0 radical (unpaired) electrons. The van der Waals surface area contributed by atoms with Gasteiger partial charge in [-0.25, -0.2) is 8.42 Å². The van der Waals surface area contributed by atoms with Crippen LogP contribution in [0.1, 0.15) is 18.4 Å². The van der Waals surface area contributed by atoms with Crippen LogP contribution in [0, 0.1) is 6.92 Å². The van der Waals surface area contributed by atoms with Crippen LogP contribution in [0.2, 0.25) is 0 Å². The summed E-state index contributed by atoms with van der Waals surface area (Å²) in [6.07, 6.45) is 1.81. The second-order valence-electron chi connectivity index (χ2n) is 4.99. The third-order valence-corrected chi connectivity index (χ3v) is 5.74. The van der Waals surface area contributed by atoms with Crippen LogP contribution >= 0.6 is 15.9 Å². The number of sulfone groups is 1. The molecule has 2 rings (SSSR count). The largest absolute Gasteiger partial charge is 0.379 e. The lowest BCUT2D eigenvalue weighted by Crippen LogP contribution is -2.35. The number of benzene rings is 1. The molecule has 2 N–H and O–H groups in total. The third kappa shape index (κ3) is 3.30. The Kier molecular flexibility index (Phi) is 4.53. The Morgan fingerprint density at radius 2 is 2.21 bits per heavy atom. The van der Waals surface area contributed by atoms with Crippen LogP contribution in [0.25, 0.3) is 0 Å². The van der Waals surface area contributed by atoms with Crippen LogP contribution in [0.3, 0.4) is 0 Å². The molecule has 106 valence electrons. The second-order valence-corrected chi connectivity index (χ2v) is 7.85. The molecule has 0 spiro atoms. The monoisotopic (exact) mass is 346 g/mol. The minimum Gasteiger partial charge on any atom is -0.379 e. The predicted molar refractivity (Wildman–Crippen MR) is 81.5 cm³/mol. The summed E-state index contributed by atoms with van der Waals surface area (Å²) in [5, 5.41) is 6.43. The summed E-state index contributed by atoms with van der Waals surface area (Å²) in [5.74, 6) is 0.180. The van der Waals surface area contributed by atoms with E-state index in [9.17, 15) is 8.42 Å². The van der Waals surface area contributed by atoms with E-state index in [1.807, 2.05) is 20.0 Å². The minimum absolute atomic E-state index is 0.00939. The first-order chi connectivity index (χ1) is 8.94. The first kappa shape index (κ1) is 14.8. The normalized spacial score (nSPS) is 20.7. The number of rotatable bonds is 4. The first-order valence-corrected chi connectivity index (χ1v) is 8.82. The molecule has 1 aliphatic rings. The highest BCUT2D eigenvalue weighted by Crippen LogP contribution is 2.36. The molecule has 1 heterocycles. The number of hydrogen-bond donors (Lipinski definition) is 2. The van der Waals surface area contributed by atoms with Crippen molar-refractivity contribution in [2.24, 2.45) is 0 Å². The molecule has 1 unspecified atom stereocenters. The lowest BCUT2D eigenvalue weighted by molar-refractivity contribution is 0.569. The predicted octanol–water partition coefficient (Wildman–Crippen LogP) is 2.32. The molecule has 19 heavy (non-hydrogen) atoms. The number of aryl methyl sites for hydroxylation is 1. The summed E-state index contributed by atoms with van der Waals surface area (Å²) in [4.78, 5) is 0.421. The van der Waals surface area contributed by atoms with Crippen molar-refractivity contribution in [3.63, 3.8) is 0 Å². The quantitative estimate of drug-likeness (QED) is 0.821. The molecule has 6 heteroatoms. The molecule has 0 aromatic heterocycles. The highest BCUT2D eigenvalue weighted by molar-refractivity contribution is 9.10. The molecule has 0 saturated carbocycles. The molecule has 0 fully saturated rings. The fraction of sp³-hybridized carbons (Fsp3) is 0.538. The Morgan fingerprint density at radius 3 is 2.89 bits per heavy atom. The van der Waals surface area contributed by atoms with E-state index >= 15 is 0 Å². The van der Waals surface area contributed by atoms with E-state index in [-0.39, 0.29) is 11.8 Å². The molecule has 0 bridgehead atoms. The fourth-order valence-corrected chi connectivity index (χ4v) is 5.00. The average Bonchev–Trinajstić information content (AvgIpc) is 2.30. The van der Waals surface area contributed by atoms with Crippen LogP contribution in [0.5, 0.6) is 0 Å². The topological polar surface area (TPSA) is 58.2 Å². The van der Waals surface area contributed by atoms with Gasteiger partial charge in [0.15, 0.2) is 9.84 Å². The van der Waals surface area contributed by atoms with Gasteiger partial charge >= 0.3 is 0 Å². The van der Waals surface area contributed by atoms with Gasteiger partial charge in [-0.2, -0.15) is 0 Å². The van der Waals surface area contributed by atoms with E-state index in [4.69, 9.17) is 0 Å². The Labute approximate surface area is 123 Å². The molecule has 1 aromatic carbocycles. The molecular formula is C13H19BrN2O2S. The maximum absolute atomic E-state index is 12.3. The van der Waals surface area contributed by atoms with Crippen LogP contribution < -0.4 is 10.6 Å². The molecule has 0 amide bonds. The zero-order valence-corrected chi connectivity index (χ0v) is 13.6. The van der Waals surface area contributed by atoms with Crippen LogP contribution in [-0.4, -0.2) is 33.8 Å². The maximum atomic E-state index is 12.3. The Balaban J connectivity index is 2.29. The number of halogens is 1. The second kappa shape index (κ2) is 5.81. The van der Waals surface area contributed by atoms with E-state index in [0.717, 1.165) is 29.4 Å². The first-order valence-electron chi connectivity index (χ1n) is 6.38. The smallest absolute Gasteiger partial charge is 0.182 e. The summed E-state index contributed by atoms with van der Waals surface area (Å²) >= 11 is 3.45. The van der Waals surface area contributed by atoms with Crippen molar-refractivity contribution < 1.29 is 8.42 Å². The van der Waals surface area contributed by atoms with Gasteiger partial charge in [0.2, 0.25) is 0 Å². The molecule has 4 nitrogen and oxygen atoms in total.